The number of imidazole rings is 1. The molecular formula is C25H26N4O3. The van der Waals surface area contributed by atoms with Crippen molar-refractivity contribution in [2.24, 2.45) is 0 Å². The molecule has 4 rings (SSSR count). The summed E-state index contributed by atoms with van der Waals surface area (Å²) in [5.41, 5.74) is 2.59. The van der Waals surface area contributed by atoms with E-state index < -0.39 is 0 Å². The van der Waals surface area contributed by atoms with Crippen LogP contribution in [0.15, 0.2) is 73.1 Å². The van der Waals surface area contributed by atoms with Crippen LogP contribution in [-0.2, 0) is 13.0 Å². The first-order chi connectivity index (χ1) is 15.7. The molecule has 2 aromatic heterocycles. The van der Waals surface area contributed by atoms with Gasteiger partial charge in [0.1, 0.15) is 17.3 Å². The molecule has 1 amide bonds. The van der Waals surface area contributed by atoms with Gasteiger partial charge in [-0.3, -0.25) is 9.78 Å². The molecule has 0 bridgehead atoms. The fraction of sp³-hybridized carbons (Fsp3) is 0.240. The van der Waals surface area contributed by atoms with Gasteiger partial charge >= 0.3 is 0 Å². The second-order valence-electron chi connectivity index (χ2n) is 7.30. The van der Waals surface area contributed by atoms with Gasteiger partial charge in [-0.2, -0.15) is 0 Å². The number of aryl methyl sites for hydroxylation is 1. The van der Waals surface area contributed by atoms with Crippen molar-refractivity contribution in [2.75, 3.05) is 20.3 Å². The summed E-state index contributed by atoms with van der Waals surface area (Å²) in [6.07, 6.45) is 4.67. The van der Waals surface area contributed by atoms with Crippen molar-refractivity contribution < 1.29 is 14.3 Å². The molecule has 0 atom stereocenters. The van der Waals surface area contributed by atoms with E-state index in [4.69, 9.17) is 14.5 Å². The number of aromatic nitrogens is 3. The van der Waals surface area contributed by atoms with E-state index in [1.165, 1.54) is 0 Å². The van der Waals surface area contributed by atoms with E-state index in [0.29, 0.717) is 25.1 Å². The van der Waals surface area contributed by atoms with Gasteiger partial charge in [-0.15, -0.1) is 0 Å². The Kier molecular flexibility index (Phi) is 6.97. The number of nitrogens with zero attached hydrogens (tertiary/aromatic N) is 3. The molecule has 7 nitrogen and oxygen atoms in total. The van der Waals surface area contributed by atoms with Crippen LogP contribution in [0.2, 0.25) is 0 Å². The zero-order chi connectivity index (χ0) is 22.2. The highest BCUT2D eigenvalue weighted by atomic mass is 16.5. The van der Waals surface area contributed by atoms with Crippen molar-refractivity contribution in [1.29, 1.82) is 0 Å². The van der Waals surface area contributed by atoms with Gasteiger partial charge in [0.05, 0.1) is 30.3 Å². The van der Waals surface area contributed by atoms with E-state index in [9.17, 15) is 4.79 Å². The van der Waals surface area contributed by atoms with Gasteiger partial charge in [0.25, 0.3) is 5.91 Å². The SMILES string of the molecule is COc1cccc(OCCCn2c(CCNC(=O)c3cccnc3)nc3ccccc32)c1. The van der Waals surface area contributed by atoms with E-state index in [0.717, 1.165) is 41.3 Å². The van der Waals surface area contributed by atoms with E-state index in [1.807, 2.05) is 42.5 Å². The van der Waals surface area contributed by atoms with Crippen LogP contribution in [0.25, 0.3) is 11.0 Å². The number of methoxy groups -OCH3 is 1. The maximum atomic E-state index is 12.3. The molecule has 164 valence electrons. The van der Waals surface area contributed by atoms with E-state index in [-0.39, 0.29) is 5.91 Å². The topological polar surface area (TPSA) is 78.3 Å². The van der Waals surface area contributed by atoms with Gasteiger partial charge in [-0.25, -0.2) is 4.98 Å². The minimum absolute atomic E-state index is 0.132. The molecule has 0 aliphatic rings. The summed E-state index contributed by atoms with van der Waals surface area (Å²) in [7, 11) is 1.64. The van der Waals surface area contributed by atoms with E-state index in [1.54, 1.807) is 31.6 Å². The van der Waals surface area contributed by atoms with Crippen LogP contribution in [0.1, 0.15) is 22.6 Å². The number of ether oxygens (including phenoxy) is 2. The van der Waals surface area contributed by atoms with Crippen LogP contribution < -0.4 is 14.8 Å². The molecule has 7 heteroatoms. The predicted molar refractivity (Wildman–Crippen MR) is 123 cm³/mol. The molecule has 0 radical (unpaired) electrons. The summed E-state index contributed by atoms with van der Waals surface area (Å²) in [5, 5.41) is 2.95. The molecule has 0 fully saturated rings. The number of rotatable bonds is 10. The third kappa shape index (κ3) is 5.24. The van der Waals surface area contributed by atoms with Crippen molar-refractivity contribution in [2.45, 2.75) is 19.4 Å². The first-order valence-corrected chi connectivity index (χ1v) is 10.6. The van der Waals surface area contributed by atoms with Crippen LogP contribution >= 0.6 is 0 Å². The normalized spacial score (nSPS) is 10.8. The lowest BCUT2D eigenvalue weighted by Gasteiger charge is -2.11. The van der Waals surface area contributed by atoms with Gasteiger partial charge in [0.15, 0.2) is 0 Å². The molecular weight excluding hydrogens is 404 g/mol. The summed E-state index contributed by atoms with van der Waals surface area (Å²) in [4.78, 5) is 21.1. The molecule has 0 aliphatic heterocycles. The maximum absolute atomic E-state index is 12.3. The van der Waals surface area contributed by atoms with Gasteiger partial charge in [0, 0.05) is 38.0 Å². The molecule has 0 spiro atoms. The first-order valence-electron chi connectivity index (χ1n) is 10.6. The largest absolute Gasteiger partial charge is 0.497 e. The zero-order valence-corrected chi connectivity index (χ0v) is 18.0. The Hall–Kier alpha value is -3.87. The number of amides is 1. The van der Waals surface area contributed by atoms with Gasteiger partial charge in [-0.1, -0.05) is 18.2 Å². The molecule has 1 N–H and O–H groups in total. The van der Waals surface area contributed by atoms with Crippen molar-refractivity contribution >= 4 is 16.9 Å². The Bertz CT molecular complexity index is 1170. The zero-order valence-electron chi connectivity index (χ0n) is 18.0. The third-order valence-electron chi connectivity index (χ3n) is 5.13. The monoisotopic (exact) mass is 430 g/mol. The average Bonchev–Trinajstić information content (AvgIpc) is 3.19. The lowest BCUT2D eigenvalue weighted by atomic mass is 10.2. The predicted octanol–water partition coefficient (Wildman–Crippen LogP) is 3.88. The lowest BCUT2D eigenvalue weighted by Crippen LogP contribution is -2.26. The van der Waals surface area contributed by atoms with Gasteiger partial charge in [-0.05, 0) is 42.8 Å². The minimum Gasteiger partial charge on any atom is -0.497 e. The Balaban J connectivity index is 1.37. The number of pyridine rings is 1. The molecule has 32 heavy (non-hydrogen) atoms. The Morgan fingerprint density at radius 2 is 1.94 bits per heavy atom. The lowest BCUT2D eigenvalue weighted by molar-refractivity contribution is 0.0953. The number of hydrogen-bond acceptors (Lipinski definition) is 5. The van der Waals surface area contributed by atoms with E-state index in [2.05, 4.69) is 20.9 Å². The fourth-order valence-electron chi connectivity index (χ4n) is 3.56. The van der Waals surface area contributed by atoms with Gasteiger partial charge in [0.2, 0.25) is 0 Å². The van der Waals surface area contributed by atoms with Crippen LogP contribution in [-0.4, -0.2) is 40.7 Å². The highest BCUT2D eigenvalue weighted by molar-refractivity contribution is 5.93. The summed E-state index contributed by atoms with van der Waals surface area (Å²) in [5.74, 6) is 2.38. The summed E-state index contributed by atoms with van der Waals surface area (Å²) < 4.78 is 13.3. The van der Waals surface area contributed by atoms with Crippen LogP contribution in [0.3, 0.4) is 0 Å². The number of carbonyl (C=O) groups is 1. The number of fused-ring (bicyclic) bond motifs is 1. The maximum Gasteiger partial charge on any atom is 0.252 e. The Morgan fingerprint density at radius 1 is 1.06 bits per heavy atom. The highest BCUT2D eigenvalue weighted by Crippen LogP contribution is 2.20. The third-order valence-corrected chi connectivity index (χ3v) is 5.13. The highest BCUT2D eigenvalue weighted by Gasteiger charge is 2.11. The van der Waals surface area contributed by atoms with Crippen LogP contribution in [0.4, 0.5) is 0 Å². The van der Waals surface area contributed by atoms with Crippen LogP contribution in [0, 0.1) is 0 Å². The number of nitrogens with one attached hydrogen (secondary N) is 1. The molecule has 4 aromatic rings. The standard InChI is InChI=1S/C25H26N4O3/c1-31-20-8-4-9-21(17-20)32-16-6-15-29-23-11-3-2-10-22(23)28-24(29)12-14-27-25(30)19-7-5-13-26-18-19/h2-5,7-11,13,17-18H,6,12,14-16H2,1H3,(H,27,30). The second-order valence-corrected chi connectivity index (χ2v) is 7.30. The summed E-state index contributed by atoms with van der Waals surface area (Å²) in [6, 6.07) is 19.2. The molecule has 2 heterocycles. The number of benzene rings is 2. The molecule has 0 unspecified atom stereocenters. The van der Waals surface area contributed by atoms with Crippen molar-refractivity contribution in [3.05, 3.63) is 84.4 Å². The van der Waals surface area contributed by atoms with E-state index >= 15 is 0 Å². The number of hydrogen-bond donors (Lipinski definition) is 1. The fourth-order valence-corrected chi connectivity index (χ4v) is 3.56. The van der Waals surface area contributed by atoms with Crippen LogP contribution in [0.5, 0.6) is 11.5 Å². The first kappa shape index (κ1) is 21.4. The average molecular weight is 431 g/mol. The molecule has 0 aliphatic carbocycles. The summed E-state index contributed by atoms with van der Waals surface area (Å²) >= 11 is 0. The second kappa shape index (κ2) is 10.4. The Labute approximate surface area is 187 Å². The van der Waals surface area contributed by atoms with Crippen molar-refractivity contribution in [1.82, 2.24) is 19.9 Å². The van der Waals surface area contributed by atoms with Crippen molar-refractivity contribution in [3.8, 4) is 11.5 Å². The quantitative estimate of drug-likeness (QED) is 0.386. The Morgan fingerprint density at radius 3 is 2.78 bits per heavy atom. The number of para-hydroxylation sites is 2. The smallest absolute Gasteiger partial charge is 0.252 e. The minimum atomic E-state index is -0.132. The summed E-state index contributed by atoms with van der Waals surface area (Å²) in [6.45, 7) is 1.85. The number of carbonyl (C=O) groups excluding carboxylic acids is 1. The molecule has 0 saturated heterocycles. The molecule has 0 saturated carbocycles. The van der Waals surface area contributed by atoms with Crippen molar-refractivity contribution in [3.63, 3.8) is 0 Å². The van der Waals surface area contributed by atoms with Gasteiger partial charge < -0.3 is 19.4 Å². The molecule has 2 aromatic carbocycles.